The lowest BCUT2D eigenvalue weighted by Gasteiger charge is -2.02. The van der Waals surface area contributed by atoms with Crippen LogP contribution in [0.5, 0.6) is 0 Å². The molecule has 0 saturated heterocycles. The van der Waals surface area contributed by atoms with Crippen LogP contribution in [0.4, 0.5) is 0 Å². The molecule has 3 aromatic carbocycles. The monoisotopic (exact) mass is 405 g/mol. The van der Waals surface area contributed by atoms with E-state index >= 15 is 0 Å². The summed E-state index contributed by atoms with van der Waals surface area (Å²) in [6, 6.07) is 24.0. The van der Waals surface area contributed by atoms with Gasteiger partial charge in [0.2, 0.25) is 5.01 Å². The number of rotatable bonds is 5. The first-order valence-electron chi connectivity index (χ1n) is 8.71. The summed E-state index contributed by atoms with van der Waals surface area (Å²) in [7, 11) is 0. The van der Waals surface area contributed by atoms with Crippen LogP contribution in [-0.2, 0) is 6.54 Å². The quantitative estimate of drug-likeness (QED) is 0.486. The molecule has 0 aliphatic carbocycles. The standard InChI is InChI=1S/C22H16ClN3OS/c23-19(13-16-10-11-17-8-4-5-9-18(17)12-16)21-25-26-22(28-21)20(27)24-14-15-6-2-1-3-7-15/h1-13H,14H2,(H,24,27)/b19-13-. The van der Waals surface area contributed by atoms with E-state index in [1.165, 1.54) is 16.7 Å². The number of nitrogens with zero attached hydrogens (tertiary/aromatic N) is 2. The van der Waals surface area contributed by atoms with Crippen molar-refractivity contribution in [3.8, 4) is 0 Å². The van der Waals surface area contributed by atoms with Gasteiger partial charge in [-0.2, -0.15) is 0 Å². The van der Waals surface area contributed by atoms with Crippen LogP contribution in [0.15, 0.2) is 72.8 Å². The van der Waals surface area contributed by atoms with Gasteiger partial charge < -0.3 is 5.32 Å². The topological polar surface area (TPSA) is 54.9 Å². The first kappa shape index (κ1) is 18.3. The summed E-state index contributed by atoms with van der Waals surface area (Å²) in [4.78, 5) is 12.3. The fourth-order valence-electron chi connectivity index (χ4n) is 2.77. The maximum atomic E-state index is 12.3. The summed E-state index contributed by atoms with van der Waals surface area (Å²) in [6.45, 7) is 0.440. The van der Waals surface area contributed by atoms with Gasteiger partial charge in [0, 0.05) is 6.54 Å². The maximum absolute atomic E-state index is 12.3. The Morgan fingerprint density at radius 3 is 2.46 bits per heavy atom. The summed E-state index contributed by atoms with van der Waals surface area (Å²) in [5.74, 6) is -0.261. The molecule has 1 amide bonds. The highest BCUT2D eigenvalue weighted by Crippen LogP contribution is 2.26. The van der Waals surface area contributed by atoms with Gasteiger partial charge in [0.25, 0.3) is 5.91 Å². The molecule has 4 nitrogen and oxygen atoms in total. The molecule has 4 rings (SSSR count). The number of hydrogen-bond acceptors (Lipinski definition) is 4. The van der Waals surface area contributed by atoms with Crippen molar-refractivity contribution in [3.05, 3.63) is 93.9 Å². The van der Waals surface area contributed by atoms with Crippen LogP contribution in [0, 0.1) is 0 Å². The van der Waals surface area contributed by atoms with Crippen LogP contribution in [0.2, 0.25) is 0 Å². The van der Waals surface area contributed by atoms with Gasteiger partial charge in [-0.15, -0.1) is 10.2 Å². The Hall–Kier alpha value is -3.02. The zero-order valence-corrected chi connectivity index (χ0v) is 16.4. The fraction of sp³-hybridized carbons (Fsp3) is 0.0455. The third-order valence-corrected chi connectivity index (χ3v) is 5.54. The average Bonchev–Trinajstić information content (AvgIpc) is 3.23. The SMILES string of the molecule is O=C(NCc1ccccc1)c1nnc(/C(Cl)=C/c2ccc3ccccc3c2)s1. The van der Waals surface area contributed by atoms with Crippen molar-refractivity contribution in [2.24, 2.45) is 0 Å². The number of hydrogen-bond donors (Lipinski definition) is 1. The average molecular weight is 406 g/mol. The molecule has 0 atom stereocenters. The largest absolute Gasteiger partial charge is 0.346 e. The van der Waals surface area contributed by atoms with Gasteiger partial charge in [-0.05, 0) is 34.0 Å². The Bertz CT molecular complexity index is 1150. The molecule has 0 aliphatic heterocycles. The molecule has 1 N–H and O–H groups in total. The van der Waals surface area contributed by atoms with Crippen LogP contribution in [0.1, 0.15) is 25.9 Å². The molecule has 0 spiro atoms. The number of carbonyl (C=O) groups is 1. The van der Waals surface area contributed by atoms with Crippen LogP contribution in [-0.4, -0.2) is 16.1 Å². The van der Waals surface area contributed by atoms with Gasteiger partial charge in [0.05, 0.1) is 5.03 Å². The Kier molecular flexibility index (Phi) is 5.46. The maximum Gasteiger partial charge on any atom is 0.282 e. The lowest BCUT2D eigenvalue weighted by Crippen LogP contribution is -2.22. The molecule has 6 heteroatoms. The lowest BCUT2D eigenvalue weighted by molar-refractivity contribution is 0.0950. The molecule has 28 heavy (non-hydrogen) atoms. The van der Waals surface area contributed by atoms with Gasteiger partial charge in [0.1, 0.15) is 0 Å². The van der Waals surface area contributed by atoms with Gasteiger partial charge in [-0.1, -0.05) is 89.7 Å². The summed E-state index contributed by atoms with van der Waals surface area (Å²) in [5, 5.41) is 14.4. The van der Waals surface area contributed by atoms with Crippen molar-refractivity contribution in [2.45, 2.75) is 6.54 Å². The molecule has 0 radical (unpaired) electrons. The van der Waals surface area contributed by atoms with Gasteiger partial charge >= 0.3 is 0 Å². The van der Waals surface area contributed by atoms with Crippen molar-refractivity contribution in [3.63, 3.8) is 0 Å². The summed E-state index contributed by atoms with van der Waals surface area (Å²) >= 11 is 7.59. The zero-order chi connectivity index (χ0) is 19.3. The van der Waals surface area contributed by atoms with Crippen molar-refractivity contribution >= 4 is 50.7 Å². The van der Waals surface area contributed by atoms with Gasteiger partial charge in [-0.25, -0.2) is 0 Å². The molecule has 1 heterocycles. The smallest absolute Gasteiger partial charge is 0.282 e. The van der Waals surface area contributed by atoms with E-state index in [1.54, 1.807) is 0 Å². The van der Waals surface area contributed by atoms with Gasteiger partial charge in [0.15, 0.2) is 5.01 Å². The Morgan fingerprint density at radius 2 is 1.64 bits per heavy atom. The molecule has 0 aliphatic rings. The van der Waals surface area contributed by atoms with E-state index in [9.17, 15) is 4.79 Å². The third kappa shape index (κ3) is 4.27. The van der Waals surface area contributed by atoms with Crippen molar-refractivity contribution < 1.29 is 4.79 Å². The molecule has 0 fully saturated rings. The number of amides is 1. The first-order valence-corrected chi connectivity index (χ1v) is 9.90. The molecule has 0 unspecified atom stereocenters. The zero-order valence-electron chi connectivity index (χ0n) is 14.8. The number of halogens is 1. The van der Waals surface area contributed by atoms with Crippen LogP contribution >= 0.6 is 22.9 Å². The number of nitrogens with one attached hydrogen (secondary N) is 1. The molecule has 4 aromatic rings. The number of fused-ring (bicyclic) bond motifs is 1. The first-order chi connectivity index (χ1) is 13.7. The molecule has 1 aromatic heterocycles. The van der Waals surface area contributed by atoms with Gasteiger partial charge in [-0.3, -0.25) is 4.79 Å². The predicted octanol–water partition coefficient (Wildman–Crippen LogP) is 5.36. The second-order valence-corrected chi connectivity index (χ2v) is 7.56. The Morgan fingerprint density at radius 1 is 0.929 bits per heavy atom. The molecular formula is C22H16ClN3OS. The van der Waals surface area contributed by atoms with Crippen LogP contribution in [0.25, 0.3) is 21.9 Å². The van der Waals surface area contributed by atoms with Crippen LogP contribution in [0.3, 0.4) is 0 Å². The minimum absolute atomic E-state index is 0.261. The number of benzene rings is 3. The van der Waals surface area contributed by atoms with Crippen molar-refractivity contribution in [1.82, 2.24) is 15.5 Å². The van der Waals surface area contributed by atoms with E-state index in [4.69, 9.17) is 11.6 Å². The minimum atomic E-state index is -0.261. The van der Waals surface area contributed by atoms with E-state index in [1.807, 2.05) is 60.7 Å². The van der Waals surface area contributed by atoms with Crippen molar-refractivity contribution in [2.75, 3.05) is 0 Å². The normalized spacial score (nSPS) is 11.5. The van der Waals surface area contributed by atoms with E-state index in [0.29, 0.717) is 16.6 Å². The number of carbonyl (C=O) groups excluding carboxylic acids is 1. The molecule has 0 saturated carbocycles. The molecular weight excluding hydrogens is 390 g/mol. The highest BCUT2D eigenvalue weighted by Gasteiger charge is 2.14. The Labute approximate surface area is 171 Å². The predicted molar refractivity (Wildman–Crippen MR) is 115 cm³/mol. The highest BCUT2D eigenvalue weighted by atomic mass is 35.5. The highest BCUT2D eigenvalue weighted by molar-refractivity contribution is 7.15. The second kappa shape index (κ2) is 8.33. The van der Waals surface area contributed by atoms with E-state index in [2.05, 4.69) is 33.7 Å². The van der Waals surface area contributed by atoms with Crippen LogP contribution < -0.4 is 5.32 Å². The summed E-state index contributed by atoms with van der Waals surface area (Å²) in [5.41, 5.74) is 1.99. The fourth-order valence-corrected chi connectivity index (χ4v) is 3.72. The number of aromatic nitrogens is 2. The lowest BCUT2D eigenvalue weighted by atomic mass is 10.1. The summed E-state index contributed by atoms with van der Waals surface area (Å²) < 4.78 is 0. The minimum Gasteiger partial charge on any atom is -0.346 e. The molecule has 0 bridgehead atoms. The Balaban J connectivity index is 1.47. The van der Waals surface area contributed by atoms with Crippen molar-refractivity contribution in [1.29, 1.82) is 0 Å². The summed E-state index contributed by atoms with van der Waals surface area (Å²) in [6.07, 6.45) is 1.83. The third-order valence-electron chi connectivity index (χ3n) is 4.19. The molecule has 138 valence electrons. The van der Waals surface area contributed by atoms with E-state index in [0.717, 1.165) is 16.5 Å². The van der Waals surface area contributed by atoms with E-state index < -0.39 is 0 Å². The second-order valence-electron chi connectivity index (χ2n) is 6.18. The van der Waals surface area contributed by atoms with E-state index in [-0.39, 0.29) is 10.9 Å².